The van der Waals surface area contributed by atoms with E-state index in [4.69, 9.17) is 14.2 Å². The summed E-state index contributed by atoms with van der Waals surface area (Å²) in [6.07, 6.45) is 5.85. The Kier molecular flexibility index (Phi) is 8.13. The molecule has 3 heterocycles. The minimum Gasteiger partial charge on any atom is -0.474 e. The van der Waals surface area contributed by atoms with Gasteiger partial charge in [-0.15, -0.1) is 0 Å². The third kappa shape index (κ3) is 5.97. The molecule has 0 aliphatic carbocycles. The molecule has 30 heavy (non-hydrogen) atoms. The number of rotatable bonds is 7. The fraction of sp³-hybridized carbons (Fsp3) is 0.773. The number of nitrogens with one attached hydrogen (secondary N) is 1. The highest BCUT2D eigenvalue weighted by molar-refractivity contribution is 5.67. The van der Waals surface area contributed by atoms with Gasteiger partial charge in [0.15, 0.2) is 0 Å². The number of piperidine rings is 2. The maximum Gasteiger partial charge on any atom is 0.410 e. The number of hydrogen-bond acceptors (Lipinski definition) is 7. The highest BCUT2D eigenvalue weighted by Gasteiger charge is 2.28. The van der Waals surface area contributed by atoms with Crippen LogP contribution in [0.4, 0.5) is 4.79 Å². The van der Waals surface area contributed by atoms with E-state index >= 15 is 0 Å². The van der Waals surface area contributed by atoms with Crippen molar-refractivity contribution in [3.05, 3.63) is 11.9 Å². The van der Waals surface area contributed by atoms with E-state index in [0.717, 1.165) is 50.8 Å². The standard InChI is InChI=1S/C22H36N4O4/c1-5-15(2)17(4)28-22(27)26-12-8-19(9-13-26)30-21-16(3)20(24-14-25-21)29-18-6-10-23-11-7-18/h14-15,17-19,23H,5-13H2,1-4H3. The summed E-state index contributed by atoms with van der Waals surface area (Å²) in [5, 5.41) is 3.34. The van der Waals surface area contributed by atoms with E-state index in [2.05, 4.69) is 29.1 Å². The lowest BCUT2D eigenvalue weighted by Gasteiger charge is -2.33. The summed E-state index contributed by atoms with van der Waals surface area (Å²) in [6, 6.07) is 0. The Morgan fingerprint density at radius 3 is 2.23 bits per heavy atom. The summed E-state index contributed by atoms with van der Waals surface area (Å²) in [5.41, 5.74) is 0.834. The van der Waals surface area contributed by atoms with Crippen LogP contribution in [-0.2, 0) is 4.74 Å². The lowest BCUT2D eigenvalue weighted by atomic mass is 10.0. The van der Waals surface area contributed by atoms with Gasteiger partial charge in [-0.3, -0.25) is 0 Å². The van der Waals surface area contributed by atoms with Gasteiger partial charge in [-0.1, -0.05) is 20.3 Å². The Labute approximate surface area is 179 Å². The predicted octanol–water partition coefficient (Wildman–Crippen LogP) is 3.33. The Morgan fingerprint density at radius 1 is 1.10 bits per heavy atom. The number of ether oxygens (including phenoxy) is 3. The van der Waals surface area contributed by atoms with Crippen LogP contribution in [0.3, 0.4) is 0 Å². The molecule has 1 N–H and O–H groups in total. The fourth-order valence-electron chi connectivity index (χ4n) is 3.72. The highest BCUT2D eigenvalue weighted by atomic mass is 16.6. The molecule has 1 aromatic rings. The molecule has 1 amide bonds. The first-order chi connectivity index (χ1) is 14.5. The van der Waals surface area contributed by atoms with Crippen molar-refractivity contribution >= 4 is 6.09 Å². The van der Waals surface area contributed by atoms with Crippen molar-refractivity contribution in [1.29, 1.82) is 0 Å². The second-order valence-electron chi connectivity index (χ2n) is 8.45. The average Bonchev–Trinajstić information content (AvgIpc) is 2.77. The first-order valence-corrected chi connectivity index (χ1v) is 11.3. The van der Waals surface area contributed by atoms with Gasteiger partial charge < -0.3 is 24.4 Å². The van der Waals surface area contributed by atoms with E-state index in [9.17, 15) is 4.79 Å². The third-order valence-electron chi connectivity index (χ3n) is 6.27. The molecule has 2 unspecified atom stereocenters. The largest absolute Gasteiger partial charge is 0.474 e. The molecule has 8 nitrogen and oxygen atoms in total. The number of carbonyl (C=O) groups is 1. The van der Waals surface area contributed by atoms with Crippen LogP contribution in [0.1, 0.15) is 58.4 Å². The molecule has 3 rings (SSSR count). The van der Waals surface area contributed by atoms with Crippen LogP contribution < -0.4 is 14.8 Å². The Morgan fingerprint density at radius 2 is 1.67 bits per heavy atom. The van der Waals surface area contributed by atoms with Crippen molar-refractivity contribution in [2.24, 2.45) is 5.92 Å². The average molecular weight is 421 g/mol. The Hall–Kier alpha value is -2.09. The van der Waals surface area contributed by atoms with E-state index in [0.29, 0.717) is 30.8 Å². The lowest BCUT2D eigenvalue weighted by molar-refractivity contribution is 0.0296. The summed E-state index contributed by atoms with van der Waals surface area (Å²) in [4.78, 5) is 22.8. The van der Waals surface area contributed by atoms with E-state index in [-0.39, 0.29) is 24.4 Å². The molecule has 2 aliphatic heterocycles. The van der Waals surface area contributed by atoms with Crippen LogP contribution in [0.2, 0.25) is 0 Å². The maximum atomic E-state index is 12.4. The van der Waals surface area contributed by atoms with Crippen LogP contribution in [0.15, 0.2) is 6.33 Å². The molecule has 2 atom stereocenters. The first-order valence-electron chi connectivity index (χ1n) is 11.3. The molecule has 2 saturated heterocycles. The molecule has 0 saturated carbocycles. The number of hydrogen-bond donors (Lipinski definition) is 1. The predicted molar refractivity (Wildman–Crippen MR) is 114 cm³/mol. The van der Waals surface area contributed by atoms with Gasteiger partial charge in [-0.25, -0.2) is 14.8 Å². The SMILES string of the molecule is CCC(C)C(C)OC(=O)N1CCC(Oc2ncnc(OC3CCNCC3)c2C)CC1. The Balaban J connectivity index is 1.50. The van der Waals surface area contributed by atoms with Crippen molar-refractivity contribution < 1.29 is 19.0 Å². The normalized spacial score (nSPS) is 20.5. The first kappa shape index (κ1) is 22.6. The zero-order valence-electron chi connectivity index (χ0n) is 18.7. The minimum absolute atomic E-state index is 0.0152. The van der Waals surface area contributed by atoms with Crippen molar-refractivity contribution in [2.45, 2.75) is 78.1 Å². The smallest absolute Gasteiger partial charge is 0.410 e. The van der Waals surface area contributed by atoms with Crippen molar-refractivity contribution in [1.82, 2.24) is 20.2 Å². The fourth-order valence-corrected chi connectivity index (χ4v) is 3.72. The summed E-state index contributed by atoms with van der Waals surface area (Å²) >= 11 is 0. The zero-order valence-corrected chi connectivity index (χ0v) is 18.7. The van der Waals surface area contributed by atoms with Crippen LogP contribution in [-0.4, -0.2) is 65.5 Å². The van der Waals surface area contributed by atoms with E-state index in [1.165, 1.54) is 6.33 Å². The van der Waals surface area contributed by atoms with Gasteiger partial charge in [-0.2, -0.15) is 0 Å². The topological polar surface area (TPSA) is 85.8 Å². The van der Waals surface area contributed by atoms with Crippen LogP contribution >= 0.6 is 0 Å². The molecule has 0 aromatic carbocycles. The summed E-state index contributed by atoms with van der Waals surface area (Å²) in [5.74, 6) is 1.53. The molecular weight excluding hydrogens is 384 g/mol. The van der Waals surface area contributed by atoms with Gasteiger partial charge in [0.1, 0.15) is 24.6 Å². The monoisotopic (exact) mass is 420 g/mol. The van der Waals surface area contributed by atoms with Crippen molar-refractivity contribution in [3.8, 4) is 11.8 Å². The number of amides is 1. The van der Waals surface area contributed by atoms with Crippen LogP contribution in [0, 0.1) is 12.8 Å². The molecule has 0 spiro atoms. The molecule has 2 aliphatic rings. The molecule has 0 radical (unpaired) electrons. The third-order valence-corrected chi connectivity index (χ3v) is 6.27. The number of nitrogens with zero attached hydrogens (tertiary/aromatic N) is 3. The van der Waals surface area contributed by atoms with Crippen molar-refractivity contribution in [2.75, 3.05) is 26.2 Å². The Bertz CT molecular complexity index is 688. The quantitative estimate of drug-likeness (QED) is 0.724. The van der Waals surface area contributed by atoms with Gasteiger partial charge in [0.25, 0.3) is 0 Å². The molecular formula is C22H36N4O4. The lowest BCUT2D eigenvalue weighted by Crippen LogP contribution is -2.43. The molecule has 8 heteroatoms. The summed E-state index contributed by atoms with van der Waals surface area (Å²) < 4.78 is 17.9. The molecule has 1 aromatic heterocycles. The van der Waals surface area contributed by atoms with Gasteiger partial charge in [0.2, 0.25) is 11.8 Å². The highest BCUT2D eigenvalue weighted by Crippen LogP contribution is 2.27. The van der Waals surface area contributed by atoms with E-state index in [1.807, 2.05) is 13.8 Å². The van der Waals surface area contributed by atoms with Crippen LogP contribution in [0.5, 0.6) is 11.8 Å². The second kappa shape index (κ2) is 10.8. The second-order valence-corrected chi connectivity index (χ2v) is 8.45. The summed E-state index contributed by atoms with van der Waals surface area (Å²) in [6.45, 7) is 11.3. The number of likely N-dealkylation sites (tertiary alicyclic amines) is 1. The van der Waals surface area contributed by atoms with E-state index in [1.54, 1.807) is 4.90 Å². The van der Waals surface area contributed by atoms with Gasteiger partial charge >= 0.3 is 6.09 Å². The zero-order chi connectivity index (χ0) is 21.5. The number of aromatic nitrogens is 2. The molecule has 168 valence electrons. The number of carbonyl (C=O) groups excluding carboxylic acids is 1. The van der Waals surface area contributed by atoms with Gasteiger partial charge in [-0.05, 0) is 45.7 Å². The van der Waals surface area contributed by atoms with Crippen LogP contribution in [0.25, 0.3) is 0 Å². The van der Waals surface area contributed by atoms with Crippen molar-refractivity contribution in [3.63, 3.8) is 0 Å². The van der Waals surface area contributed by atoms with Gasteiger partial charge in [0.05, 0.1) is 5.56 Å². The van der Waals surface area contributed by atoms with Gasteiger partial charge in [0, 0.05) is 25.9 Å². The molecule has 2 fully saturated rings. The van der Waals surface area contributed by atoms with E-state index < -0.39 is 0 Å². The minimum atomic E-state index is -0.225. The summed E-state index contributed by atoms with van der Waals surface area (Å²) in [7, 11) is 0. The maximum absolute atomic E-state index is 12.4. The molecule has 0 bridgehead atoms.